The SMILES string of the molecule is C#CC(C)NC(=O)Sc1cccc(CCCC)c1. The minimum absolute atomic E-state index is 0.104. The van der Waals surface area contributed by atoms with Crippen molar-refractivity contribution in [2.45, 2.75) is 44.0 Å². The van der Waals surface area contributed by atoms with Gasteiger partial charge < -0.3 is 5.32 Å². The molecule has 0 aromatic heterocycles. The maximum absolute atomic E-state index is 11.7. The zero-order valence-electron chi connectivity index (χ0n) is 10.9. The number of rotatable bonds is 5. The van der Waals surface area contributed by atoms with Crippen molar-refractivity contribution in [1.29, 1.82) is 0 Å². The Morgan fingerprint density at radius 1 is 1.56 bits per heavy atom. The zero-order valence-corrected chi connectivity index (χ0v) is 11.7. The van der Waals surface area contributed by atoms with Crippen molar-refractivity contribution in [3.8, 4) is 12.3 Å². The number of hydrogen-bond acceptors (Lipinski definition) is 2. The molecule has 0 aliphatic rings. The van der Waals surface area contributed by atoms with Crippen LogP contribution in [-0.2, 0) is 6.42 Å². The number of nitrogens with one attached hydrogen (secondary N) is 1. The van der Waals surface area contributed by atoms with Crippen LogP contribution in [0.2, 0.25) is 0 Å². The summed E-state index contributed by atoms with van der Waals surface area (Å²) in [4.78, 5) is 12.6. The van der Waals surface area contributed by atoms with E-state index in [4.69, 9.17) is 6.42 Å². The summed E-state index contributed by atoms with van der Waals surface area (Å²) in [6.07, 6.45) is 8.63. The molecule has 1 atom stereocenters. The van der Waals surface area contributed by atoms with Crippen molar-refractivity contribution in [3.63, 3.8) is 0 Å². The number of carbonyl (C=O) groups is 1. The Kier molecular flexibility index (Phi) is 6.38. The molecule has 1 aromatic rings. The number of amides is 1. The Bertz CT molecular complexity index is 436. The Labute approximate surface area is 114 Å². The van der Waals surface area contributed by atoms with E-state index in [9.17, 15) is 4.79 Å². The molecule has 1 aromatic carbocycles. The molecule has 1 unspecified atom stereocenters. The summed E-state index contributed by atoms with van der Waals surface area (Å²) in [5.74, 6) is 2.48. The van der Waals surface area contributed by atoms with Gasteiger partial charge in [-0.25, -0.2) is 0 Å². The van der Waals surface area contributed by atoms with Crippen LogP contribution in [0.15, 0.2) is 29.2 Å². The third kappa shape index (κ3) is 5.29. The van der Waals surface area contributed by atoms with Gasteiger partial charge in [0.05, 0.1) is 6.04 Å². The molecule has 0 fully saturated rings. The van der Waals surface area contributed by atoms with Gasteiger partial charge in [0, 0.05) is 4.90 Å². The van der Waals surface area contributed by atoms with Gasteiger partial charge in [-0.1, -0.05) is 31.4 Å². The Hall–Kier alpha value is -1.40. The Morgan fingerprint density at radius 3 is 3.00 bits per heavy atom. The van der Waals surface area contributed by atoms with Gasteiger partial charge in [0.2, 0.25) is 0 Å². The first-order valence-electron chi connectivity index (χ1n) is 6.19. The van der Waals surface area contributed by atoms with E-state index in [0.717, 1.165) is 11.3 Å². The minimum atomic E-state index is -0.228. The Morgan fingerprint density at radius 2 is 2.33 bits per heavy atom. The molecule has 0 aliphatic carbocycles. The van der Waals surface area contributed by atoms with E-state index >= 15 is 0 Å². The van der Waals surface area contributed by atoms with Crippen LogP contribution in [-0.4, -0.2) is 11.3 Å². The van der Waals surface area contributed by atoms with Crippen LogP contribution in [0.1, 0.15) is 32.3 Å². The zero-order chi connectivity index (χ0) is 13.4. The van der Waals surface area contributed by atoms with Crippen molar-refractivity contribution in [2.24, 2.45) is 0 Å². The average molecular weight is 261 g/mol. The van der Waals surface area contributed by atoms with Gasteiger partial charge in [0.25, 0.3) is 5.24 Å². The molecule has 1 rings (SSSR count). The fourth-order valence-electron chi connectivity index (χ4n) is 1.50. The van der Waals surface area contributed by atoms with E-state index in [-0.39, 0.29) is 11.3 Å². The van der Waals surface area contributed by atoms with E-state index in [1.165, 1.54) is 30.2 Å². The van der Waals surface area contributed by atoms with Crippen molar-refractivity contribution in [2.75, 3.05) is 0 Å². The molecule has 1 amide bonds. The van der Waals surface area contributed by atoms with Crippen molar-refractivity contribution in [1.82, 2.24) is 5.32 Å². The molecule has 0 aliphatic heterocycles. The van der Waals surface area contributed by atoms with Crippen LogP contribution < -0.4 is 5.32 Å². The minimum Gasteiger partial charge on any atom is -0.333 e. The van der Waals surface area contributed by atoms with Gasteiger partial charge in [0.15, 0.2) is 0 Å². The first kappa shape index (κ1) is 14.7. The van der Waals surface area contributed by atoms with Gasteiger partial charge in [-0.15, -0.1) is 6.42 Å². The standard InChI is InChI=1S/C15H19NOS/c1-4-6-8-13-9-7-10-14(11-13)18-15(17)16-12(3)5-2/h2,7,9-12H,4,6,8H2,1,3H3,(H,16,17). The molecule has 1 N–H and O–H groups in total. The molecule has 0 radical (unpaired) electrons. The van der Waals surface area contributed by atoms with Gasteiger partial charge in [-0.2, -0.15) is 0 Å². The lowest BCUT2D eigenvalue weighted by Crippen LogP contribution is -2.27. The topological polar surface area (TPSA) is 29.1 Å². The molecule has 96 valence electrons. The first-order chi connectivity index (χ1) is 8.65. The van der Waals surface area contributed by atoms with Gasteiger partial charge in [0.1, 0.15) is 0 Å². The summed E-state index contributed by atoms with van der Waals surface area (Å²) in [6, 6.07) is 7.88. The fourth-order valence-corrected chi connectivity index (χ4v) is 2.31. The molecular formula is C15H19NOS. The van der Waals surface area contributed by atoms with Crippen LogP contribution in [0, 0.1) is 12.3 Å². The van der Waals surface area contributed by atoms with Crippen LogP contribution >= 0.6 is 11.8 Å². The lowest BCUT2D eigenvalue weighted by molar-refractivity contribution is 0.260. The van der Waals surface area contributed by atoms with E-state index in [1.54, 1.807) is 6.92 Å². The fraction of sp³-hybridized carbons (Fsp3) is 0.400. The summed E-state index contributed by atoms with van der Waals surface area (Å²) >= 11 is 1.19. The third-order valence-electron chi connectivity index (χ3n) is 2.51. The normalized spacial score (nSPS) is 11.6. The summed E-state index contributed by atoms with van der Waals surface area (Å²) in [7, 11) is 0. The molecule has 0 saturated heterocycles. The van der Waals surface area contributed by atoms with E-state index in [2.05, 4.69) is 30.3 Å². The highest BCUT2D eigenvalue weighted by atomic mass is 32.2. The second kappa shape index (κ2) is 7.84. The average Bonchev–Trinajstić information content (AvgIpc) is 2.36. The maximum atomic E-state index is 11.7. The van der Waals surface area contributed by atoms with Crippen LogP contribution in [0.4, 0.5) is 4.79 Å². The summed E-state index contributed by atoms with van der Waals surface area (Å²) in [6.45, 7) is 3.96. The lowest BCUT2D eigenvalue weighted by atomic mass is 10.1. The molecule has 18 heavy (non-hydrogen) atoms. The van der Waals surface area contributed by atoms with E-state index in [0.29, 0.717) is 0 Å². The number of benzene rings is 1. The largest absolute Gasteiger partial charge is 0.333 e. The number of carbonyl (C=O) groups excluding carboxylic acids is 1. The molecular weight excluding hydrogens is 242 g/mol. The van der Waals surface area contributed by atoms with Gasteiger partial charge in [-0.05, 0) is 49.2 Å². The predicted molar refractivity (Wildman–Crippen MR) is 77.7 cm³/mol. The second-order valence-corrected chi connectivity index (χ2v) is 5.22. The highest BCUT2D eigenvalue weighted by Crippen LogP contribution is 2.20. The molecule has 0 saturated carbocycles. The van der Waals surface area contributed by atoms with Crippen LogP contribution in [0.25, 0.3) is 0 Å². The number of aryl methyl sites for hydroxylation is 1. The second-order valence-electron chi connectivity index (χ2n) is 4.17. The van der Waals surface area contributed by atoms with Crippen molar-refractivity contribution >= 4 is 17.0 Å². The number of unbranched alkanes of at least 4 members (excludes halogenated alkanes) is 1. The van der Waals surface area contributed by atoms with E-state index < -0.39 is 0 Å². The molecule has 0 heterocycles. The van der Waals surface area contributed by atoms with E-state index in [1.807, 2.05) is 12.1 Å². The third-order valence-corrected chi connectivity index (χ3v) is 3.31. The molecule has 0 bridgehead atoms. The van der Waals surface area contributed by atoms with Gasteiger partial charge in [-0.3, -0.25) is 4.79 Å². The number of hydrogen-bond donors (Lipinski definition) is 1. The van der Waals surface area contributed by atoms with Crippen molar-refractivity contribution in [3.05, 3.63) is 29.8 Å². The highest BCUT2D eigenvalue weighted by Gasteiger charge is 2.07. The highest BCUT2D eigenvalue weighted by molar-refractivity contribution is 8.13. The van der Waals surface area contributed by atoms with Crippen LogP contribution in [0.3, 0.4) is 0 Å². The molecule has 3 heteroatoms. The summed E-state index contributed by atoms with van der Waals surface area (Å²) < 4.78 is 0. The predicted octanol–water partition coefficient (Wildman–Crippen LogP) is 3.85. The smallest absolute Gasteiger partial charge is 0.284 e. The monoisotopic (exact) mass is 261 g/mol. The number of terminal acetylenes is 1. The lowest BCUT2D eigenvalue weighted by Gasteiger charge is -2.08. The van der Waals surface area contributed by atoms with Crippen LogP contribution in [0.5, 0.6) is 0 Å². The maximum Gasteiger partial charge on any atom is 0.284 e. The number of thioether (sulfide) groups is 1. The summed E-state index contributed by atoms with van der Waals surface area (Å²) in [5.41, 5.74) is 1.28. The quantitative estimate of drug-likeness (QED) is 0.644. The molecule has 0 spiro atoms. The molecule has 2 nitrogen and oxygen atoms in total. The first-order valence-corrected chi connectivity index (χ1v) is 7.00. The summed E-state index contributed by atoms with van der Waals surface area (Å²) in [5, 5.41) is 2.62. The Balaban J connectivity index is 2.56. The van der Waals surface area contributed by atoms with Crippen molar-refractivity contribution < 1.29 is 4.79 Å². The van der Waals surface area contributed by atoms with Gasteiger partial charge >= 0.3 is 0 Å².